The largest absolute Gasteiger partial charge is 0.435 e. The van der Waals surface area contributed by atoms with Gasteiger partial charge in [-0.3, -0.25) is 0 Å². The fourth-order valence-corrected chi connectivity index (χ4v) is 2.33. The molecule has 6 nitrogen and oxygen atoms in total. The first kappa shape index (κ1) is 15.5. The number of ether oxygens (including phenoxy) is 1. The molecule has 1 aliphatic rings. The molecule has 0 radical (unpaired) electrons. The summed E-state index contributed by atoms with van der Waals surface area (Å²) in [6.45, 7) is 0.978. The van der Waals surface area contributed by atoms with Crippen molar-refractivity contribution < 1.29 is 17.9 Å². The number of rotatable bonds is 2. The molecule has 122 valence electrons. The van der Waals surface area contributed by atoms with Crippen LogP contribution in [0.15, 0.2) is 24.0 Å². The van der Waals surface area contributed by atoms with Crippen molar-refractivity contribution in [1.29, 1.82) is 0 Å². The van der Waals surface area contributed by atoms with E-state index in [2.05, 4.69) is 15.1 Å². The Morgan fingerprint density at radius 1 is 1.17 bits per heavy atom. The number of nitrogen functional groups attached to an aromatic ring is 1. The third-order valence-corrected chi connectivity index (χ3v) is 3.45. The number of hydrogen-bond donors (Lipinski definition) is 1. The van der Waals surface area contributed by atoms with Gasteiger partial charge in [0.1, 0.15) is 5.82 Å². The van der Waals surface area contributed by atoms with Crippen LogP contribution in [0.25, 0.3) is 12.0 Å². The Hall–Kier alpha value is -2.42. The van der Waals surface area contributed by atoms with Gasteiger partial charge in [0.2, 0.25) is 0 Å². The first-order valence-electron chi connectivity index (χ1n) is 6.97. The third-order valence-electron chi connectivity index (χ3n) is 3.45. The quantitative estimate of drug-likeness (QED) is 0.917. The molecule has 0 bridgehead atoms. The highest BCUT2D eigenvalue weighted by molar-refractivity contribution is 5.67. The topological polar surface area (TPSA) is 78.9 Å². The minimum absolute atomic E-state index is 0.00729. The summed E-state index contributed by atoms with van der Waals surface area (Å²) in [5, 5.41) is 3.58. The highest BCUT2D eigenvalue weighted by atomic mass is 19.4. The second-order valence-corrected chi connectivity index (χ2v) is 5.02. The summed E-state index contributed by atoms with van der Waals surface area (Å²) >= 11 is 0. The van der Waals surface area contributed by atoms with E-state index in [1.807, 2.05) is 0 Å². The molecule has 1 saturated heterocycles. The lowest BCUT2D eigenvalue weighted by atomic mass is 10.0. The SMILES string of the molecule is Nc1c(C=C2CCOCC2)c(C(F)(F)F)nn1-c1ncccn1. The van der Waals surface area contributed by atoms with Crippen LogP contribution in [-0.4, -0.2) is 33.0 Å². The van der Waals surface area contributed by atoms with Gasteiger partial charge in [-0.05, 0) is 25.0 Å². The zero-order valence-electron chi connectivity index (χ0n) is 12.0. The van der Waals surface area contributed by atoms with Gasteiger partial charge >= 0.3 is 6.18 Å². The summed E-state index contributed by atoms with van der Waals surface area (Å²) in [5.74, 6) is -0.144. The Morgan fingerprint density at radius 3 is 2.43 bits per heavy atom. The smallest absolute Gasteiger partial charge is 0.383 e. The summed E-state index contributed by atoms with van der Waals surface area (Å²) in [6.07, 6.45) is 0.799. The standard InChI is InChI=1S/C14H14F3N5O/c15-14(16,17)11-10(8-9-2-6-23-7-3-9)12(18)22(21-11)13-19-4-1-5-20-13/h1,4-5,8H,2-3,6-7,18H2. The molecule has 2 aromatic heterocycles. The van der Waals surface area contributed by atoms with Crippen LogP contribution in [0.5, 0.6) is 0 Å². The van der Waals surface area contributed by atoms with Crippen LogP contribution < -0.4 is 5.73 Å². The van der Waals surface area contributed by atoms with Crippen LogP contribution >= 0.6 is 0 Å². The number of anilines is 1. The lowest BCUT2D eigenvalue weighted by molar-refractivity contribution is -0.141. The third kappa shape index (κ3) is 3.19. The van der Waals surface area contributed by atoms with Crippen LogP contribution in [0, 0.1) is 0 Å². The van der Waals surface area contributed by atoms with Crippen molar-refractivity contribution in [2.24, 2.45) is 0 Å². The highest BCUT2D eigenvalue weighted by Gasteiger charge is 2.39. The average Bonchev–Trinajstić information content (AvgIpc) is 2.86. The lowest BCUT2D eigenvalue weighted by Gasteiger charge is -2.14. The maximum absolute atomic E-state index is 13.3. The molecular formula is C14H14F3N5O. The zero-order valence-corrected chi connectivity index (χ0v) is 12.0. The number of aromatic nitrogens is 4. The van der Waals surface area contributed by atoms with E-state index in [1.165, 1.54) is 18.5 Å². The van der Waals surface area contributed by atoms with E-state index >= 15 is 0 Å². The van der Waals surface area contributed by atoms with Crippen molar-refractivity contribution in [2.75, 3.05) is 18.9 Å². The molecule has 3 heterocycles. The number of alkyl halides is 3. The van der Waals surface area contributed by atoms with Crippen molar-refractivity contribution in [1.82, 2.24) is 19.7 Å². The number of halogens is 3. The van der Waals surface area contributed by atoms with E-state index in [0.29, 0.717) is 26.1 Å². The Balaban J connectivity index is 2.11. The van der Waals surface area contributed by atoms with Crippen LogP contribution in [0.2, 0.25) is 0 Å². The van der Waals surface area contributed by atoms with E-state index in [1.54, 1.807) is 6.07 Å². The van der Waals surface area contributed by atoms with Gasteiger partial charge in [0.25, 0.3) is 5.95 Å². The van der Waals surface area contributed by atoms with Gasteiger partial charge in [0, 0.05) is 18.0 Å². The van der Waals surface area contributed by atoms with Gasteiger partial charge in [-0.15, -0.1) is 0 Å². The van der Waals surface area contributed by atoms with E-state index < -0.39 is 11.9 Å². The molecule has 0 unspecified atom stereocenters. The Bertz CT molecular complexity index is 716. The van der Waals surface area contributed by atoms with Crippen molar-refractivity contribution in [3.05, 3.63) is 35.3 Å². The maximum Gasteiger partial charge on any atom is 0.435 e. The van der Waals surface area contributed by atoms with E-state index in [0.717, 1.165) is 10.3 Å². The van der Waals surface area contributed by atoms with Crippen LogP contribution in [0.1, 0.15) is 24.1 Å². The van der Waals surface area contributed by atoms with Crippen molar-refractivity contribution in [3.8, 4) is 5.95 Å². The number of hydrogen-bond acceptors (Lipinski definition) is 5. The molecule has 0 aromatic carbocycles. The zero-order chi connectivity index (χ0) is 16.4. The molecule has 2 N–H and O–H groups in total. The average molecular weight is 325 g/mol. The number of nitrogens with two attached hydrogens (primary N) is 1. The van der Waals surface area contributed by atoms with Gasteiger partial charge < -0.3 is 10.5 Å². The van der Waals surface area contributed by atoms with Crippen molar-refractivity contribution in [2.45, 2.75) is 19.0 Å². The van der Waals surface area contributed by atoms with Crippen LogP contribution in [-0.2, 0) is 10.9 Å². The molecule has 1 fully saturated rings. The Labute approximate surface area is 129 Å². The molecule has 2 aromatic rings. The molecular weight excluding hydrogens is 311 g/mol. The summed E-state index contributed by atoms with van der Waals surface area (Å²) < 4.78 is 46.0. The fraction of sp³-hybridized carbons (Fsp3) is 0.357. The van der Waals surface area contributed by atoms with Gasteiger partial charge in [-0.2, -0.15) is 23.0 Å². The van der Waals surface area contributed by atoms with Gasteiger partial charge in [0.05, 0.1) is 13.2 Å². The predicted octanol–water partition coefficient (Wildman–Crippen LogP) is 2.46. The highest BCUT2D eigenvalue weighted by Crippen LogP contribution is 2.36. The molecule has 3 rings (SSSR count). The number of nitrogens with zero attached hydrogens (tertiary/aromatic N) is 4. The van der Waals surface area contributed by atoms with Gasteiger partial charge in [-0.1, -0.05) is 5.57 Å². The second kappa shape index (κ2) is 5.99. The molecule has 0 aliphatic carbocycles. The molecule has 0 spiro atoms. The molecule has 23 heavy (non-hydrogen) atoms. The van der Waals surface area contributed by atoms with Crippen molar-refractivity contribution >= 4 is 11.9 Å². The first-order valence-corrected chi connectivity index (χ1v) is 6.97. The second-order valence-electron chi connectivity index (χ2n) is 5.02. The van der Waals surface area contributed by atoms with Crippen LogP contribution in [0.4, 0.5) is 19.0 Å². The fourth-order valence-electron chi connectivity index (χ4n) is 2.33. The Kier molecular flexibility index (Phi) is 4.03. The van der Waals surface area contributed by atoms with E-state index in [4.69, 9.17) is 10.5 Å². The molecule has 0 amide bonds. The van der Waals surface area contributed by atoms with Gasteiger partial charge in [0.15, 0.2) is 5.69 Å². The maximum atomic E-state index is 13.3. The predicted molar refractivity (Wildman–Crippen MR) is 76.6 cm³/mol. The lowest BCUT2D eigenvalue weighted by Crippen LogP contribution is -2.10. The molecule has 9 heteroatoms. The minimum atomic E-state index is -4.62. The van der Waals surface area contributed by atoms with Crippen LogP contribution in [0.3, 0.4) is 0 Å². The van der Waals surface area contributed by atoms with E-state index in [9.17, 15) is 13.2 Å². The normalized spacial score (nSPS) is 15.7. The summed E-state index contributed by atoms with van der Waals surface area (Å²) in [4.78, 5) is 7.79. The van der Waals surface area contributed by atoms with E-state index in [-0.39, 0.29) is 17.3 Å². The van der Waals surface area contributed by atoms with Crippen molar-refractivity contribution in [3.63, 3.8) is 0 Å². The summed E-state index contributed by atoms with van der Waals surface area (Å²) in [6, 6.07) is 1.55. The molecule has 1 aliphatic heterocycles. The minimum Gasteiger partial charge on any atom is -0.383 e. The summed E-state index contributed by atoms with van der Waals surface area (Å²) in [7, 11) is 0. The van der Waals surface area contributed by atoms with Gasteiger partial charge in [-0.25, -0.2) is 9.97 Å². The monoisotopic (exact) mass is 325 g/mol. The summed E-state index contributed by atoms with van der Waals surface area (Å²) in [5.41, 5.74) is 5.55. The first-order chi connectivity index (χ1) is 11.0. The Morgan fingerprint density at radius 2 is 1.83 bits per heavy atom. The molecule has 0 saturated carbocycles. The molecule has 0 atom stereocenters.